The van der Waals surface area contributed by atoms with E-state index in [-0.39, 0.29) is 30.1 Å². The largest absolute Gasteiger partial charge is 0.505 e. The summed E-state index contributed by atoms with van der Waals surface area (Å²) < 4.78 is 0. The Kier molecular flexibility index (Phi) is 6.69. The lowest BCUT2D eigenvalue weighted by atomic mass is 9.53. The van der Waals surface area contributed by atoms with Crippen LogP contribution >= 0.6 is 0 Å². The molecule has 3 aliphatic rings. The van der Waals surface area contributed by atoms with Gasteiger partial charge in [0.2, 0.25) is 5.91 Å². The summed E-state index contributed by atoms with van der Waals surface area (Å²) in [6.45, 7) is 1.94. The third-order valence-electron chi connectivity index (χ3n) is 8.41. The molecular weight excluding hydrogens is 530 g/mol. The summed E-state index contributed by atoms with van der Waals surface area (Å²) in [5.74, 6) is -10.9. The second-order valence-corrected chi connectivity index (χ2v) is 11.2. The number of hydrogen-bond acceptors (Lipinski definition) is 9. The number of guanidine groups is 1. The fraction of sp³-hybridized carbons (Fsp3) is 0.379. The van der Waals surface area contributed by atoms with Crippen LogP contribution in [0.4, 0.5) is 17.1 Å². The number of nitrogens with one attached hydrogen (secondary N) is 1. The highest BCUT2D eigenvalue weighted by Gasteiger charge is 2.66. The van der Waals surface area contributed by atoms with Crippen molar-refractivity contribution in [2.24, 2.45) is 40.1 Å². The highest BCUT2D eigenvalue weighted by Crippen LogP contribution is 2.52. The fourth-order valence-corrected chi connectivity index (χ4v) is 6.43. The molecule has 12 heteroatoms. The molecule has 2 aromatic carbocycles. The first kappa shape index (κ1) is 28.0. The standard InChI is InChI=1S/C29H31N5O7/c1-12-4-6-15(7-5-12)32-28(31)33-17-11-18(34(2)3)16-9-13-8-14-10-19(35)22(27(30)40)26(39)29(14,41)25(38)20(13)24(37)21(16)23(17)36/h4-7,11,13-14,20,22,36,41H,8-10H2,1-3H3,(H2,30,40)(H3,31,32,33)/t13-,14+,20?,22?,29+/m1/s1. The van der Waals surface area contributed by atoms with Gasteiger partial charge in [-0.05, 0) is 49.4 Å². The number of phenolic OH excluding ortho intramolecular Hbond substituents is 1. The van der Waals surface area contributed by atoms with Crippen LogP contribution in [-0.4, -0.2) is 64.9 Å². The zero-order chi connectivity index (χ0) is 30.0. The van der Waals surface area contributed by atoms with Crippen LogP contribution in [0.3, 0.4) is 0 Å². The summed E-state index contributed by atoms with van der Waals surface area (Å²) in [6.07, 6.45) is -0.214. The molecule has 0 heterocycles. The average molecular weight is 562 g/mol. The van der Waals surface area contributed by atoms with E-state index >= 15 is 0 Å². The summed E-state index contributed by atoms with van der Waals surface area (Å²) in [5.41, 5.74) is 11.2. The van der Waals surface area contributed by atoms with Crippen LogP contribution in [0.5, 0.6) is 5.75 Å². The molecule has 0 aromatic heterocycles. The number of carbonyl (C=O) groups excluding carboxylic acids is 5. The number of carbonyl (C=O) groups is 5. The summed E-state index contributed by atoms with van der Waals surface area (Å²) in [5, 5.41) is 25.6. The molecule has 0 saturated heterocycles. The first-order valence-electron chi connectivity index (χ1n) is 13.2. The second-order valence-electron chi connectivity index (χ2n) is 11.2. The highest BCUT2D eigenvalue weighted by molar-refractivity contribution is 6.31. The summed E-state index contributed by atoms with van der Waals surface area (Å²) in [6, 6.07) is 8.94. The number of hydrogen-bond donors (Lipinski definition) is 5. The molecule has 41 heavy (non-hydrogen) atoms. The van der Waals surface area contributed by atoms with Crippen molar-refractivity contribution in [3.05, 3.63) is 47.0 Å². The number of benzene rings is 2. The van der Waals surface area contributed by atoms with Crippen molar-refractivity contribution in [2.45, 2.75) is 31.8 Å². The van der Waals surface area contributed by atoms with Gasteiger partial charge in [-0.3, -0.25) is 24.0 Å². The zero-order valence-electron chi connectivity index (χ0n) is 22.8. The van der Waals surface area contributed by atoms with Crippen molar-refractivity contribution < 1.29 is 34.2 Å². The second kappa shape index (κ2) is 9.81. The van der Waals surface area contributed by atoms with Gasteiger partial charge in [-0.15, -0.1) is 0 Å². The van der Waals surface area contributed by atoms with E-state index in [2.05, 4.69) is 10.3 Å². The van der Waals surface area contributed by atoms with E-state index in [1.165, 1.54) is 0 Å². The van der Waals surface area contributed by atoms with E-state index in [9.17, 15) is 34.2 Å². The molecule has 2 saturated carbocycles. The van der Waals surface area contributed by atoms with Crippen molar-refractivity contribution >= 4 is 52.1 Å². The van der Waals surface area contributed by atoms with Crippen LogP contribution in [-0.2, 0) is 25.6 Å². The van der Waals surface area contributed by atoms with E-state index < -0.39 is 70.5 Å². The molecule has 2 aromatic rings. The molecule has 0 radical (unpaired) electrons. The van der Waals surface area contributed by atoms with Crippen molar-refractivity contribution in [3.63, 3.8) is 0 Å². The SMILES string of the molecule is Cc1ccc(NC(N)=Nc2cc(N(C)C)c3c(c2O)C(=O)C2C(=O)[C@]4(O)C(=O)C(C(N)=O)C(=O)C[C@@H]4C[C@@H]2C3)cc1. The Hall–Kier alpha value is -4.58. The first-order valence-corrected chi connectivity index (χ1v) is 13.2. The minimum absolute atomic E-state index is 0.0159. The van der Waals surface area contributed by atoms with Gasteiger partial charge in [0.05, 0.1) is 11.5 Å². The normalized spacial score (nSPS) is 27.6. The number of aromatic hydroxyl groups is 1. The van der Waals surface area contributed by atoms with Gasteiger partial charge in [0.25, 0.3) is 0 Å². The van der Waals surface area contributed by atoms with Gasteiger partial charge in [-0.25, -0.2) is 4.99 Å². The molecule has 1 amide bonds. The van der Waals surface area contributed by atoms with Crippen LogP contribution in [0.25, 0.3) is 0 Å². The van der Waals surface area contributed by atoms with Crippen LogP contribution in [0.15, 0.2) is 35.3 Å². The highest BCUT2D eigenvalue weighted by atomic mass is 16.3. The van der Waals surface area contributed by atoms with Crippen LogP contribution in [0, 0.1) is 30.6 Å². The Balaban J connectivity index is 1.57. The maximum absolute atomic E-state index is 13.9. The van der Waals surface area contributed by atoms with Crippen molar-refractivity contribution in [1.29, 1.82) is 0 Å². The van der Waals surface area contributed by atoms with Crippen molar-refractivity contribution in [2.75, 3.05) is 24.3 Å². The van der Waals surface area contributed by atoms with Crippen molar-refractivity contribution in [3.8, 4) is 5.75 Å². The molecule has 2 fully saturated rings. The monoisotopic (exact) mass is 561 g/mol. The van der Waals surface area contributed by atoms with Gasteiger partial charge in [0.1, 0.15) is 5.69 Å². The number of fused-ring (bicyclic) bond motifs is 3. The molecule has 214 valence electrons. The molecule has 3 aliphatic carbocycles. The number of anilines is 2. The number of primary amides is 1. The van der Waals surface area contributed by atoms with E-state index in [4.69, 9.17) is 11.5 Å². The third-order valence-corrected chi connectivity index (χ3v) is 8.41. The number of aryl methyl sites for hydroxylation is 1. The minimum atomic E-state index is -2.71. The first-order chi connectivity index (χ1) is 19.2. The van der Waals surface area contributed by atoms with E-state index in [0.29, 0.717) is 16.9 Å². The van der Waals surface area contributed by atoms with Crippen LogP contribution in [0.2, 0.25) is 0 Å². The topological polar surface area (TPSA) is 205 Å². The maximum Gasteiger partial charge on any atom is 0.235 e. The van der Waals surface area contributed by atoms with Gasteiger partial charge in [-0.1, -0.05) is 17.7 Å². The van der Waals surface area contributed by atoms with Gasteiger partial charge in [-0.2, -0.15) is 0 Å². The van der Waals surface area contributed by atoms with E-state index in [0.717, 1.165) is 5.56 Å². The number of phenols is 1. The smallest absolute Gasteiger partial charge is 0.235 e. The number of nitrogens with two attached hydrogens (primary N) is 2. The van der Waals surface area contributed by atoms with E-state index in [1.807, 2.05) is 19.1 Å². The molecule has 0 aliphatic heterocycles. The molecule has 7 N–H and O–H groups in total. The number of aliphatic imine (C=N–C) groups is 1. The Bertz CT molecular complexity index is 1550. The quantitative estimate of drug-likeness (QED) is 0.201. The predicted molar refractivity (Wildman–Crippen MR) is 149 cm³/mol. The average Bonchev–Trinajstić information content (AvgIpc) is 2.88. The van der Waals surface area contributed by atoms with Crippen molar-refractivity contribution in [1.82, 2.24) is 0 Å². The lowest BCUT2D eigenvalue weighted by Crippen LogP contribution is -2.68. The number of amides is 1. The molecule has 0 bridgehead atoms. The summed E-state index contributed by atoms with van der Waals surface area (Å²) in [7, 11) is 3.50. The Morgan fingerprint density at radius 2 is 1.73 bits per heavy atom. The predicted octanol–water partition coefficient (Wildman–Crippen LogP) is 0.760. The summed E-state index contributed by atoms with van der Waals surface area (Å²) >= 11 is 0. The number of rotatable bonds is 4. The Morgan fingerprint density at radius 1 is 1.07 bits per heavy atom. The van der Waals surface area contributed by atoms with Gasteiger partial charge in [0.15, 0.2) is 46.4 Å². The van der Waals surface area contributed by atoms with E-state index in [1.54, 1.807) is 37.2 Å². The van der Waals surface area contributed by atoms with Crippen LogP contribution < -0.4 is 21.7 Å². The number of nitrogens with zero attached hydrogens (tertiary/aromatic N) is 2. The molecular formula is C29H31N5O7. The van der Waals surface area contributed by atoms with Gasteiger partial charge in [0, 0.05) is 37.8 Å². The molecule has 0 spiro atoms. The summed E-state index contributed by atoms with van der Waals surface area (Å²) in [4.78, 5) is 71.2. The third kappa shape index (κ3) is 4.34. The number of ketones is 4. The lowest BCUT2D eigenvalue weighted by Gasteiger charge is -2.48. The Labute approximate surface area is 235 Å². The molecule has 5 rings (SSSR count). The maximum atomic E-state index is 13.9. The molecule has 5 atom stereocenters. The Morgan fingerprint density at radius 3 is 2.34 bits per heavy atom. The molecule has 12 nitrogen and oxygen atoms in total. The lowest BCUT2D eigenvalue weighted by molar-refractivity contribution is -0.175. The van der Waals surface area contributed by atoms with Crippen LogP contribution in [0.1, 0.15) is 34.3 Å². The zero-order valence-corrected chi connectivity index (χ0v) is 22.8. The van der Waals surface area contributed by atoms with Gasteiger partial charge >= 0.3 is 0 Å². The fourth-order valence-electron chi connectivity index (χ4n) is 6.43. The number of aliphatic hydroxyl groups is 1. The minimum Gasteiger partial charge on any atom is -0.505 e. The van der Waals surface area contributed by atoms with Gasteiger partial charge < -0.3 is 31.9 Å². The molecule has 2 unspecified atom stereocenters. The number of Topliss-reactive ketones (excluding diaryl/α,β-unsaturated/α-hetero) is 4.